The Balaban J connectivity index is 2.45. The summed E-state index contributed by atoms with van der Waals surface area (Å²) < 4.78 is 3.95. The Morgan fingerprint density at radius 2 is 2.33 bits per heavy atom. The second-order valence-electron chi connectivity index (χ2n) is 2.67. The van der Waals surface area contributed by atoms with Gasteiger partial charge in [0, 0.05) is 12.3 Å². The molecular weight excluding hydrogens is 150 g/mol. The lowest BCUT2D eigenvalue weighted by Crippen LogP contribution is -2.23. The molecule has 0 amide bonds. The van der Waals surface area contributed by atoms with E-state index in [0.29, 0.717) is 0 Å². The summed E-state index contributed by atoms with van der Waals surface area (Å²) in [5.74, 6) is 0.943. The van der Waals surface area contributed by atoms with Crippen molar-refractivity contribution in [1.82, 2.24) is 9.55 Å². The lowest BCUT2D eigenvalue weighted by molar-refractivity contribution is -0.670. The molecule has 0 bridgehead atoms. The van der Waals surface area contributed by atoms with Crippen LogP contribution in [-0.2, 0) is 7.05 Å². The van der Waals surface area contributed by atoms with Crippen molar-refractivity contribution in [1.29, 1.82) is 0 Å². The molecule has 3 heteroatoms. The van der Waals surface area contributed by atoms with Crippen LogP contribution in [-0.4, -0.2) is 9.55 Å². The monoisotopic (exact) mass is 160 g/mol. The maximum absolute atomic E-state index is 4.21. The molecule has 0 aliphatic rings. The summed E-state index contributed by atoms with van der Waals surface area (Å²) in [6.45, 7) is 0. The van der Waals surface area contributed by atoms with Crippen LogP contribution in [0.25, 0.3) is 5.82 Å². The van der Waals surface area contributed by atoms with E-state index in [2.05, 4.69) is 4.98 Å². The predicted molar refractivity (Wildman–Crippen MR) is 44.7 cm³/mol. The van der Waals surface area contributed by atoms with Gasteiger partial charge in [0.1, 0.15) is 12.4 Å². The first kappa shape index (κ1) is 7.03. The van der Waals surface area contributed by atoms with Gasteiger partial charge in [-0.3, -0.25) is 0 Å². The van der Waals surface area contributed by atoms with Gasteiger partial charge in [-0.05, 0) is 6.07 Å². The minimum atomic E-state index is 0.943. The second-order valence-corrected chi connectivity index (χ2v) is 2.67. The molecule has 0 radical (unpaired) electrons. The molecule has 60 valence electrons. The van der Waals surface area contributed by atoms with E-state index in [1.807, 2.05) is 53.1 Å². The van der Waals surface area contributed by atoms with Gasteiger partial charge >= 0.3 is 0 Å². The molecule has 0 saturated carbocycles. The van der Waals surface area contributed by atoms with Gasteiger partial charge in [-0.15, -0.1) is 0 Å². The van der Waals surface area contributed by atoms with E-state index in [-0.39, 0.29) is 0 Å². The Hall–Kier alpha value is -1.64. The van der Waals surface area contributed by atoms with Crippen LogP contribution >= 0.6 is 0 Å². The van der Waals surface area contributed by atoms with Gasteiger partial charge in [-0.1, -0.05) is 6.07 Å². The highest BCUT2D eigenvalue weighted by Gasteiger charge is 2.02. The van der Waals surface area contributed by atoms with Gasteiger partial charge in [0.2, 0.25) is 12.1 Å². The first-order valence-electron chi connectivity index (χ1n) is 3.81. The quantitative estimate of drug-likeness (QED) is 0.563. The molecule has 0 aromatic carbocycles. The summed E-state index contributed by atoms with van der Waals surface area (Å²) in [6, 6.07) is 5.86. The van der Waals surface area contributed by atoms with Crippen molar-refractivity contribution in [2.24, 2.45) is 7.05 Å². The normalized spacial score (nSPS) is 10.1. The molecule has 0 unspecified atom stereocenters. The number of aryl methyl sites for hydroxylation is 1. The Morgan fingerprint density at radius 3 is 2.92 bits per heavy atom. The van der Waals surface area contributed by atoms with E-state index in [0.717, 1.165) is 5.82 Å². The minimum absolute atomic E-state index is 0.943. The van der Waals surface area contributed by atoms with Crippen LogP contribution in [0.3, 0.4) is 0 Å². The lowest BCUT2D eigenvalue weighted by Gasteiger charge is -1.90. The van der Waals surface area contributed by atoms with Gasteiger partial charge in [0.25, 0.3) is 0 Å². The van der Waals surface area contributed by atoms with Crippen molar-refractivity contribution in [2.75, 3.05) is 0 Å². The average Bonchev–Trinajstić information content (AvgIpc) is 2.54. The molecule has 3 nitrogen and oxygen atoms in total. The van der Waals surface area contributed by atoms with Crippen molar-refractivity contribution < 1.29 is 4.57 Å². The SMILES string of the molecule is C[n+]1ccn(-c2ccccn2)c1. The second kappa shape index (κ2) is 2.77. The number of hydrogen-bond donors (Lipinski definition) is 0. The highest BCUT2D eigenvalue weighted by Crippen LogP contribution is 1.99. The Labute approximate surface area is 70.9 Å². The van der Waals surface area contributed by atoms with Crippen LogP contribution in [0.2, 0.25) is 0 Å². The summed E-state index contributed by atoms with van der Waals surface area (Å²) in [4.78, 5) is 4.21. The van der Waals surface area contributed by atoms with E-state index in [1.165, 1.54) is 0 Å². The summed E-state index contributed by atoms with van der Waals surface area (Å²) in [5, 5.41) is 0. The molecule has 0 fully saturated rings. The first-order chi connectivity index (χ1) is 5.86. The van der Waals surface area contributed by atoms with Crippen LogP contribution < -0.4 is 4.57 Å². The Kier molecular flexibility index (Phi) is 1.63. The number of pyridine rings is 1. The minimum Gasteiger partial charge on any atom is -0.239 e. The zero-order chi connectivity index (χ0) is 8.39. The number of hydrogen-bond acceptors (Lipinski definition) is 1. The van der Waals surface area contributed by atoms with Gasteiger partial charge in [-0.2, -0.15) is 4.57 Å². The third-order valence-electron chi connectivity index (χ3n) is 1.68. The van der Waals surface area contributed by atoms with E-state index in [9.17, 15) is 0 Å². The maximum Gasteiger partial charge on any atom is 0.250 e. The highest BCUT2D eigenvalue weighted by atomic mass is 15.1. The predicted octanol–water partition coefficient (Wildman–Crippen LogP) is 0.697. The van der Waals surface area contributed by atoms with Crippen molar-refractivity contribution in [2.45, 2.75) is 0 Å². The standard InChI is InChI=1S/C9H10N3/c1-11-6-7-12(8-11)9-4-2-3-5-10-9/h2-8H,1H3/q+1. The van der Waals surface area contributed by atoms with E-state index in [4.69, 9.17) is 0 Å². The lowest BCUT2D eigenvalue weighted by atomic mass is 10.5. The van der Waals surface area contributed by atoms with Gasteiger partial charge < -0.3 is 0 Å². The number of rotatable bonds is 1. The van der Waals surface area contributed by atoms with E-state index < -0.39 is 0 Å². The van der Waals surface area contributed by atoms with Gasteiger partial charge in [-0.25, -0.2) is 9.55 Å². The van der Waals surface area contributed by atoms with E-state index in [1.54, 1.807) is 6.20 Å². The Bertz CT molecular complexity index is 364. The summed E-state index contributed by atoms with van der Waals surface area (Å²) in [5.41, 5.74) is 0. The average molecular weight is 160 g/mol. The molecule has 2 aromatic heterocycles. The molecule has 2 aromatic rings. The molecular formula is C9H10N3+. The molecule has 0 N–H and O–H groups in total. The fraction of sp³-hybridized carbons (Fsp3) is 0.111. The third-order valence-corrected chi connectivity index (χ3v) is 1.68. The van der Waals surface area contributed by atoms with Crippen LogP contribution in [0.1, 0.15) is 0 Å². The van der Waals surface area contributed by atoms with Crippen molar-refractivity contribution in [3.63, 3.8) is 0 Å². The fourth-order valence-corrected chi connectivity index (χ4v) is 1.09. The summed E-state index contributed by atoms with van der Waals surface area (Å²) in [7, 11) is 1.99. The molecule has 0 atom stereocenters. The smallest absolute Gasteiger partial charge is 0.239 e. The van der Waals surface area contributed by atoms with E-state index >= 15 is 0 Å². The van der Waals surface area contributed by atoms with Crippen LogP contribution in [0.15, 0.2) is 43.1 Å². The fourth-order valence-electron chi connectivity index (χ4n) is 1.09. The van der Waals surface area contributed by atoms with Crippen molar-refractivity contribution in [3.8, 4) is 5.82 Å². The van der Waals surface area contributed by atoms with Gasteiger partial charge in [0.05, 0.1) is 7.05 Å². The summed E-state index contributed by atoms with van der Waals surface area (Å²) in [6.07, 6.45) is 7.72. The maximum atomic E-state index is 4.21. The van der Waals surface area contributed by atoms with Crippen LogP contribution in [0, 0.1) is 0 Å². The van der Waals surface area contributed by atoms with Crippen molar-refractivity contribution in [3.05, 3.63) is 43.1 Å². The largest absolute Gasteiger partial charge is 0.250 e. The van der Waals surface area contributed by atoms with Gasteiger partial charge in [0.15, 0.2) is 0 Å². The molecule has 0 aliphatic carbocycles. The molecule has 0 saturated heterocycles. The number of nitrogens with zero attached hydrogens (tertiary/aromatic N) is 3. The van der Waals surface area contributed by atoms with Crippen molar-refractivity contribution >= 4 is 0 Å². The molecule has 0 spiro atoms. The molecule has 2 rings (SSSR count). The highest BCUT2D eigenvalue weighted by molar-refractivity contribution is 5.19. The first-order valence-corrected chi connectivity index (χ1v) is 3.81. The zero-order valence-electron chi connectivity index (χ0n) is 6.88. The molecule has 2 heterocycles. The molecule has 12 heavy (non-hydrogen) atoms. The topological polar surface area (TPSA) is 21.7 Å². The number of aromatic nitrogens is 3. The zero-order valence-corrected chi connectivity index (χ0v) is 6.88. The Morgan fingerprint density at radius 1 is 1.42 bits per heavy atom. The third kappa shape index (κ3) is 1.21. The van der Waals surface area contributed by atoms with Crippen LogP contribution in [0.5, 0.6) is 0 Å². The van der Waals surface area contributed by atoms with Crippen LogP contribution in [0.4, 0.5) is 0 Å². The summed E-state index contributed by atoms with van der Waals surface area (Å²) >= 11 is 0. The number of imidazole rings is 1. The molecule has 0 aliphatic heterocycles.